The van der Waals surface area contributed by atoms with Crippen molar-refractivity contribution < 1.29 is 4.79 Å². The lowest BCUT2D eigenvalue weighted by atomic mass is 10.2. The predicted octanol–water partition coefficient (Wildman–Crippen LogP) is 1.93. The second-order valence-corrected chi connectivity index (χ2v) is 5.42. The largest absolute Gasteiger partial charge is 0.335 e. The molecule has 1 aromatic heterocycles. The Morgan fingerprint density at radius 1 is 1.39 bits per heavy atom. The van der Waals surface area contributed by atoms with Crippen molar-refractivity contribution in [2.75, 3.05) is 32.7 Å². The molecule has 18 heavy (non-hydrogen) atoms. The van der Waals surface area contributed by atoms with Crippen LogP contribution in [0.15, 0.2) is 16.7 Å². The first-order chi connectivity index (χ1) is 8.61. The summed E-state index contributed by atoms with van der Waals surface area (Å²) in [7, 11) is 0. The zero-order chi connectivity index (χ0) is 13.1. The Morgan fingerprint density at radius 3 is 2.61 bits per heavy atom. The van der Waals surface area contributed by atoms with E-state index in [2.05, 4.69) is 32.7 Å². The molecule has 0 spiro atoms. The van der Waals surface area contributed by atoms with Gasteiger partial charge in [-0.05, 0) is 41.0 Å². The van der Waals surface area contributed by atoms with E-state index in [0.29, 0.717) is 5.69 Å². The van der Waals surface area contributed by atoms with E-state index < -0.39 is 0 Å². The molecule has 1 aliphatic rings. The number of carbonyl (C=O) groups excluding carboxylic acids is 1. The minimum Gasteiger partial charge on any atom is -0.335 e. The molecule has 4 nitrogen and oxygen atoms in total. The van der Waals surface area contributed by atoms with Crippen molar-refractivity contribution in [2.24, 2.45) is 0 Å². The van der Waals surface area contributed by atoms with Gasteiger partial charge in [-0.1, -0.05) is 6.92 Å². The molecule has 0 atom stereocenters. The average Bonchev–Trinajstić information content (AvgIpc) is 2.38. The van der Waals surface area contributed by atoms with Crippen LogP contribution in [0.2, 0.25) is 0 Å². The number of hydrogen-bond donors (Lipinski definition) is 0. The monoisotopic (exact) mass is 311 g/mol. The van der Waals surface area contributed by atoms with Crippen LogP contribution in [0, 0.1) is 6.92 Å². The topological polar surface area (TPSA) is 36.4 Å². The van der Waals surface area contributed by atoms with E-state index in [0.717, 1.165) is 42.8 Å². The molecule has 0 bridgehead atoms. The summed E-state index contributed by atoms with van der Waals surface area (Å²) >= 11 is 3.42. The van der Waals surface area contributed by atoms with Crippen molar-refractivity contribution in [3.63, 3.8) is 0 Å². The lowest BCUT2D eigenvalue weighted by Gasteiger charge is -2.33. The standard InChI is InChI=1S/C13H18BrN3O/c1-3-16-4-6-17(7-5-16)13(18)12-11(14)8-10(2)9-15-12/h8-9H,3-7H2,1-2H3. The van der Waals surface area contributed by atoms with Gasteiger partial charge in [0.2, 0.25) is 0 Å². The smallest absolute Gasteiger partial charge is 0.273 e. The molecule has 1 aromatic rings. The molecule has 0 radical (unpaired) electrons. The molecule has 1 saturated heterocycles. The highest BCUT2D eigenvalue weighted by Gasteiger charge is 2.23. The number of amides is 1. The van der Waals surface area contributed by atoms with Crippen molar-refractivity contribution in [2.45, 2.75) is 13.8 Å². The number of likely N-dealkylation sites (N-methyl/N-ethyl adjacent to an activating group) is 1. The summed E-state index contributed by atoms with van der Waals surface area (Å²) in [6, 6.07) is 1.93. The van der Waals surface area contributed by atoms with Gasteiger partial charge in [-0.2, -0.15) is 0 Å². The molecule has 2 heterocycles. The summed E-state index contributed by atoms with van der Waals surface area (Å²) in [6.07, 6.45) is 1.74. The highest BCUT2D eigenvalue weighted by Crippen LogP contribution is 2.18. The van der Waals surface area contributed by atoms with Crippen LogP contribution in [-0.4, -0.2) is 53.4 Å². The third-order valence-electron chi connectivity index (χ3n) is 3.29. The summed E-state index contributed by atoms with van der Waals surface area (Å²) in [6.45, 7) is 8.64. The Bertz CT molecular complexity index is 442. The first-order valence-electron chi connectivity index (χ1n) is 6.25. The summed E-state index contributed by atoms with van der Waals surface area (Å²) in [4.78, 5) is 20.8. The van der Waals surface area contributed by atoms with Gasteiger partial charge in [-0.3, -0.25) is 4.79 Å². The van der Waals surface area contributed by atoms with Gasteiger partial charge >= 0.3 is 0 Å². The summed E-state index contributed by atoms with van der Waals surface area (Å²) < 4.78 is 0.783. The Hall–Kier alpha value is -0.940. The Morgan fingerprint density at radius 2 is 2.06 bits per heavy atom. The van der Waals surface area contributed by atoms with Gasteiger partial charge in [0.15, 0.2) is 0 Å². The fourth-order valence-corrected chi connectivity index (χ4v) is 2.74. The lowest BCUT2D eigenvalue weighted by Crippen LogP contribution is -2.48. The van der Waals surface area contributed by atoms with Gasteiger partial charge in [0.25, 0.3) is 5.91 Å². The minimum atomic E-state index is 0.0256. The molecule has 0 unspecified atom stereocenters. The second kappa shape index (κ2) is 5.80. The van der Waals surface area contributed by atoms with Crippen LogP contribution in [0.5, 0.6) is 0 Å². The van der Waals surface area contributed by atoms with E-state index in [-0.39, 0.29) is 5.91 Å². The molecule has 2 rings (SSSR count). The number of halogens is 1. The number of hydrogen-bond acceptors (Lipinski definition) is 3. The first-order valence-corrected chi connectivity index (χ1v) is 7.05. The molecule has 98 valence electrons. The molecule has 1 aliphatic heterocycles. The van der Waals surface area contributed by atoms with Gasteiger partial charge in [-0.25, -0.2) is 4.98 Å². The number of nitrogens with zero attached hydrogens (tertiary/aromatic N) is 3. The van der Waals surface area contributed by atoms with Crippen molar-refractivity contribution in [3.8, 4) is 0 Å². The van der Waals surface area contributed by atoms with Crippen LogP contribution in [0.1, 0.15) is 23.0 Å². The average molecular weight is 312 g/mol. The summed E-state index contributed by atoms with van der Waals surface area (Å²) in [5.74, 6) is 0.0256. The van der Waals surface area contributed by atoms with Gasteiger partial charge in [0, 0.05) is 36.8 Å². The Labute approximate surface area is 116 Å². The third kappa shape index (κ3) is 2.90. The maximum atomic E-state index is 12.3. The molecule has 0 N–H and O–H groups in total. The SMILES string of the molecule is CCN1CCN(C(=O)c2ncc(C)cc2Br)CC1. The summed E-state index contributed by atoms with van der Waals surface area (Å²) in [5, 5.41) is 0. The molecule has 0 aromatic carbocycles. The van der Waals surface area contributed by atoms with E-state index in [1.54, 1.807) is 6.20 Å². The van der Waals surface area contributed by atoms with Crippen molar-refractivity contribution in [1.82, 2.24) is 14.8 Å². The van der Waals surface area contributed by atoms with Gasteiger partial charge in [0.1, 0.15) is 5.69 Å². The minimum absolute atomic E-state index is 0.0256. The lowest BCUT2D eigenvalue weighted by molar-refractivity contribution is 0.0636. The van der Waals surface area contributed by atoms with Crippen LogP contribution in [0.4, 0.5) is 0 Å². The Kier molecular flexibility index (Phi) is 4.35. The van der Waals surface area contributed by atoms with Gasteiger partial charge in [0.05, 0.1) is 0 Å². The molecule has 5 heteroatoms. The molecule has 0 saturated carbocycles. The van der Waals surface area contributed by atoms with Gasteiger partial charge in [-0.15, -0.1) is 0 Å². The van der Waals surface area contributed by atoms with Crippen molar-refractivity contribution in [1.29, 1.82) is 0 Å². The fourth-order valence-electron chi connectivity index (χ4n) is 2.11. The highest BCUT2D eigenvalue weighted by atomic mass is 79.9. The summed E-state index contributed by atoms with van der Waals surface area (Å²) in [5.41, 5.74) is 1.57. The number of rotatable bonds is 2. The van der Waals surface area contributed by atoms with E-state index in [1.165, 1.54) is 0 Å². The molecule has 1 fully saturated rings. The van der Waals surface area contributed by atoms with Crippen LogP contribution in [-0.2, 0) is 0 Å². The fraction of sp³-hybridized carbons (Fsp3) is 0.538. The number of aromatic nitrogens is 1. The maximum Gasteiger partial charge on any atom is 0.273 e. The number of pyridine rings is 1. The van der Waals surface area contributed by atoms with E-state index in [9.17, 15) is 4.79 Å². The third-order valence-corrected chi connectivity index (χ3v) is 3.89. The van der Waals surface area contributed by atoms with Crippen LogP contribution in [0.3, 0.4) is 0 Å². The second-order valence-electron chi connectivity index (χ2n) is 4.57. The quantitative estimate of drug-likeness (QED) is 0.837. The van der Waals surface area contributed by atoms with Crippen molar-refractivity contribution in [3.05, 3.63) is 28.0 Å². The maximum absolute atomic E-state index is 12.3. The van der Waals surface area contributed by atoms with E-state index >= 15 is 0 Å². The van der Waals surface area contributed by atoms with Crippen LogP contribution >= 0.6 is 15.9 Å². The molecular formula is C13H18BrN3O. The van der Waals surface area contributed by atoms with Gasteiger partial charge < -0.3 is 9.80 Å². The number of aryl methyl sites for hydroxylation is 1. The Balaban J connectivity index is 2.08. The van der Waals surface area contributed by atoms with Crippen LogP contribution in [0.25, 0.3) is 0 Å². The zero-order valence-electron chi connectivity index (χ0n) is 10.8. The van der Waals surface area contributed by atoms with E-state index in [1.807, 2.05) is 17.9 Å². The predicted molar refractivity (Wildman–Crippen MR) is 74.7 cm³/mol. The normalized spacial score (nSPS) is 16.9. The molecule has 1 amide bonds. The molecular weight excluding hydrogens is 294 g/mol. The van der Waals surface area contributed by atoms with E-state index in [4.69, 9.17) is 0 Å². The van der Waals surface area contributed by atoms with Crippen LogP contribution < -0.4 is 0 Å². The number of carbonyl (C=O) groups is 1. The molecule has 0 aliphatic carbocycles. The van der Waals surface area contributed by atoms with Crippen molar-refractivity contribution >= 4 is 21.8 Å². The highest BCUT2D eigenvalue weighted by molar-refractivity contribution is 9.10. The number of piperazine rings is 1. The first kappa shape index (κ1) is 13.5. The zero-order valence-corrected chi connectivity index (χ0v) is 12.4.